The van der Waals surface area contributed by atoms with E-state index in [1.165, 1.54) is 0 Å². The molecule has 0 aliphatic heterocycles. The van der Waals surface area contributed by atoms with E-state index in [1.807, 2.05) is 18.2 Å². The molecule has 19 heavy (non-hydrogen) atoms. The summed E-state index contributed by atoms with van der Waals surface area (Å²) in [4.78, 5) is 0. The van der Waals surface area contributed by atoms with Gasteiger partial charge in [-0.1, -0.05) is 30.3 Å². The monoisotopic (exact) mass is 272 g/mol. The van der Waals surface area contributed by atoms with Crippen molar-refractivity contribution >= 4 is 0 Å². The van der Waals surface area contributed by atoms with Gasteiger partial charge in [0.15, 0.2) is 0 Å². The first-order valence-corrected chi connectivity index (χ1v) is 6.01. The van der Waals surface area contributed by atoms with E-state index in [0.717, 1.165) is 5.56 Å². The molecule has 0 amide bonds. The quantitative estimate of drug-likeness (QED) is 0.400. The van der Waals surface area contributed by atoms with Crippen molar-refractivity contribution < 1.29 is 30.3 Å². The lowest BCUT2D eigenvalue weighted by atomic mass is 10.0. The predicted octanol–water partition coefficient (Wildman–Crippen LogP) is -1.36. The van der Waals surface area contributed by atoms with Crippen molar-refractivity contribution in [3.63, 3.8) is 0 Å². The first kappa shape index (κ1) is 16.0. The fourth-order valence-corrected chi connectivity index (χ4v) is 1.63. The minimum absolute atomic E-state index is 0.109. The summed E-state index contributed by atoms with van der Waals surface area (Å²) in [5, 5.41) is 46.4. The fraction of sp³-hybridized carbons (Fsp3) is 0.538. The highest BCUT2D eigenvalue weighted by Gasteiger charge is 2.32. The van der Waals surface area contributed by atoms with E-state index in [1.54, 1.807) is 12.1 Å². The summed E-state index contributed by atoms with van der Waals surface area (Å²) < 4.78 is 5.33. The molecule has 0 saturated heterocycles. The van der Waals surface area contributed by atoms with Crippen molar-refractivity contribution in [2.45, 2.75) is 31.0 Å². The van der Waals surface area contributed by atoms with Crippen LogP contribution < -0.4 is 0 Å². The van der Waals surface area contributed by atoms with E-state index in [-0.39, 0.29) is 6.61 Å². The SMILES string of the molecule is OC[C@@H](O)[C@@H](O)[C@H](OCc1ccccc1)[C@H](O)CO. The lowest BCUT2D eigenvalue weighted by Gasteiger charge is -2.29. The topological polar surface area (TPSA) is 110 Å². The van der Waals surface area contributed by atoms with Crippen molar-refractivity contribution in [3.8, 4) is 0 Å². The van der Waals surface area contributed by atoms with Crippen LogP contribution >= 0.6 is 0 Å². The van der Waals surface area contributed by atoms with Gasteiger partial charge >= 0.3 is 0 Å². The third kappa shape index (κ3) is 4.87. The van der Waals surface area contributed by atoms with Crippen molar-refractivity contribution in [2.24, 2.45) is 0 Å². The third-order valence-corrected chi connectivity index (χ3v) is 2.77. The van der Waals surface area contributed by atoms with Crippen molar-refractivity contribution in [1.29, 1.82) is 0 Å². The van der Waals surface area contributed by atoms with Gasteiger partial charge in [-0.25, -0.2) is 0 Å². The summed E-state index contributed by atoms with van der Waals surface area (Å²) >= 11 is 0. The highest BCUT2D eigenvalue weighted by Crippen LogP contribution is 2.12. The molecular weight excluding hydrogens is 252 g/mol. The van der Waals surface area contributed by atoms with Crippen LogP contribution in [0.15, 0.2) is 30.3 Å². The van der Waals surface area contributed by atoms with Crippen molar-refractivity contribution in [2.75, 3.05) is 13.2 Å². The van der Waals surface area contributed by atoms with E-state index in [4.69, 9.17) is 14.9 Å². The molecule has 1 aromatic rings. The average molecular weight is 272 g/mol. The van der Waals surface area contributed by atoms with Crippen LogP contribution in [-0.2, 0) is 11.3 Å². The maximum absolute atomic E-state index is 9.75. The van der Waals surface area contributed by atoms with Gasteiger partial charge in [0.2, 0.25) is 0 Å². The van der Waals surface area contributed by atoms with Gasteiger partial charge in [-0.2, -0.15) is 0 Å². The molecular formula is C13H20O6. The first-order chi connectivity index (χ1) is 9.10. The second kappa shape index (κ2) is 8.21. The number of hydrogen-bond acceptors (Lipinski definition) is 6. The third-order valence-electron chi connectivity index (χ3n) is 2.77. The van der Waals surface area contributed by atoms with E-state index < -0.39 is 37.6 Å². The summed E-state index contributed by atoms with van der Waals surface area (Å²) in [5.41, 5.74) is 0.823. The number of hydrogen-bond donors (Lipinski definition) is 5. The maximum Gasteiger partial charge on any atom is 0.115 e. The van der Waals surface area contributed by atoms with Crippen molar-refractivity contribution in [3.05, 3.63) is 35.9 Å². The highest BCUT2D eigenvalue weighted by molar-refractivity contribution is 5.13. The lowest BCUT2D eigenvalue weighted by Crippen LogP contribution is -2.48. The van der Waals surface area contributed by atoms with Crippen LogP contribution in [0.25, 0.3) is 0 Å². The summed E-state index contributed by atoms with van der Waals surface area (Å²) in [5.74, 6) is 0. The van der Waals surface area contributed by atoms with Gasteiger partial charge in [0, 0.05) is 0 Å². The van der Waals surface area contributed by atoms with E-state index in [0.29, 0.717) is 0 Å². The van der Waals surface area contributed by atoms with Crippen LogP contribution in [0, 0.1) is 0 Å². The summed E-state index contributed by atoms with van der Waals surface area (Å²) in [6, 6.07) is 9.08. The molecule has 0 unspecified atom stereocenters. The molecule has 5 N–H and O–H groups in total. The molecule has 0 spiro atoms. The Morgan fingerprint density at radius 3 is 2.00 bits per heavy atom. The lowest BCUT2D eigenvalue weighted by molar-refractivity contribution is -0.153. The summed E-state index contributed by atoms with van der Waals surface area (Å²) in [7, 11) is 0. The molecule has 0 saturated carbocycles. The van der Waals surface area contributed by atoms with Crippen LogP contribution in [0.5, 0.6) is 0 Å². The van der Waals surface area contributed by atoms with Gasteiger partial charge < -0.3 is 30.3 Å². The van der Waals surface area contributed by atoms with Gasteiger partial charge in [-0.15, -0.1) is 0 Å². The Hall–Kier alpha value is -1.02. The van der Waals surface area contributed by atoms with Crippen molar-refractivity contribution in [1.82, 2.24) is 0 Å². The Morgan fingerprint density at radius 2 is 1.47 bits per heavy atom. The Labute approximate surface area is 111 Å². The maximum atomic E-state index is 9.75. The Bertz CT molecular complexity index is 344. The molecule has 108 valence electrons. The number of aliphatic hydroxyl groups excluding tert-OH is 5. The van der Waals surface area contributed by atoms with Crippen LogP contribution in [-0.4, -0.2) is 63.2 Å². The smallest absolute Gasteiger partial charge is 0.115 e. The highest BCUT2D eigenvalue weighted by atomic mass is 16.5. The molecule has 0 radical (unpaired) electrons. The molecule has 1 aromatic carbocycles. The minimum atomic E-state index is -1.49. The number of benzene rings is 1. The fourth-order valence-electron chi connectivity index (χ4n) is 1.63. The van der Waals surface area contributed by atoms with E-state index in [9.17, 15) is 15.3 Å². The van der Waals surface area contributed by atoms with Crippen LogP contribution in [0.1, 0.15) is 5.56 Å². The number of aliphatic hydroxyl groups is 5. The van der Waals surface area contributed by atoms with Gasteiger partial charge in [0.25, 0.3) is 0 Å². The molecule has 0 aliphatic carbocycles. The zero-order chi connectivity index (χ0) is 14.3. The van der Waals surface area contributed by atoms with Gasteiger partial charge in [0.05, 0.1) is 19.8 Å². The van der Waals surface area contributed by atoms with Crippen LogP contribution in [0.2, 0.25) is 0 Å². The Kier molecular flexibility index (Phi) is 6.93. The molecule has 4 atom stereocenters. The van der Waals surface area contributed by atoms with Gasteiger partial charge in [-0.05, 0) is 5.56 Å². The normalized spacial score (nSPS) is 17.7. The Balaban J connectivity index is 2.64. The molecule has 1 rings (SSSR count). The zero-order valence-electron chi connectivity index (χ0n) is 10.5. The summed E-state index contributed by atoms with van der Waals surface area (Å²) in [6.45, 7) is -1.17. The molecule has 6 heteroatoms. The van der Waals surface area contributed by atoms with E-state index >= 15 is 0 Å². The predicted molar refractivity (Wildman–Crippen MR) is 67.2 cm³/mol. The van der Waals surface area contributed by atoms with E-state index in [2.05, 4.69) is 0 Å². The summed E-state index contributed by atoms with van der Waals surface area (Å²) in [6.07, 6.45) is -5.47. The molecule has 0 aliphatic rings. The standard InChI is InChI=1S/C13H20O6/c14-6-10(16)12(18)13(11(17)7-15)19-8-9-4-2-1-3-5-9/h1-5,10-18H,6-8H2/t10-,11-,12-,13-/m1/s1. The molecule has 6 nitrogen and oxygen atoms in total. The Morgan fingerprint density at radius 1 is 0.895 bits per heavy atom. The molecule has 0 fully saturated rings. The molecule has 0 bridgehead atoms. The van der Waals surface area contributed by atoms with Crippen LogP contribution in [0.3, 0.4) is 0 Å². The van der Waals surface area contributed by atoms with Gasteiger partial charge in [0.1, 0.15) is 24.4 Å². The van der Waals surface area contributed by atoms with Gasteiger partial charge in [-0.3, -0.25) is 0 Å². The second-order valence-corrected chi connectivity index (χ2v) is 4.25. The minimum Gasteiger partial charge on any atom is -0.394 e. The first-order valence-electron chi connectivity index (χ1n) is 6.01. The average Bonchev–Trinajstić information content (AvgIpc) is 2.47. The molecule has 0 aromatic heterocycles. The van der Waals surface area contributed by atoms with Crippen LogP contribution in [0.4, 0.5) is 0 Å². The molecule has 0 heterocycles. The number of ether oxygens (including phenoxy) is 1. The number of rotatable bonds is 8. The largest absolute Gasteiger partial charge is 0.394 e. The second-order valence-electron chi connectivity index (χ2n) is 4.25. The zero-order valence-corrected chi connectivity index (χ0v) is 10.5.